The molecule has 37 heavy (non-hydrogen) atoms. The summed E-state index contributed by atoms with van der Waals surface area (Å²) in [4.78, 5) is 15.3. The Bertz CT molecular complexity index is 971. The number of nitrogens with zero attached hydrogens (tertiary/aromatic N) is 2. The Labute approximate surface area is 218 Å². The number of carbonyl (C=O) groups excluding carboxylic acids is 1. The number of aldehydes is 1. The van der Waals surface area contributed by atoms with Crippen LogP contribution in [0.25, 0.3) is 11.1 Å². The SMILES string of the molecule is CC(C)N1CCN(C2CCCC(F)(F)C2)CC1.CN.Cc1c(CC=O)cccc1-c1cc(F)cc(F)c1. The van der Waals surface area contributed by atoms with Crippen molar-refractivity contribution in [3.63, 3.8) is 0 Å². The van der Waals surface area contributed by atoms with Gasteiger partial charge in [-0.05, 0) is 75.0 Å². The van der Waals surface area contributed by atoms with Gasteiger partial charge in [-0.1, -0.05) is 18.2 Å². The van der Waals surface area contributed by atoms with Crippen LogP contribution in [-0.4, -0.2) is 67.3 Å². The maximum Gasteiger partial charge on any atom is 0.249 e. The lowest BCUT2D eigenvalue weighted by Gasteiger charge is -2.43. The van der Waals surface area contributed by atoms with Crippen LogP contribution in [0.15, 0.2) is 36.4 Å². The van der Waals surface area contributed by atoms with Crippen molar-refractivity contribution in [3.8, 4) is 11.1 Å². The van der Waals surface area contributed by atoms with Gasteiger partial charge in [-0.3, -0.25) is 9.80 Å². The number of hydrogen-bond donors (Lipinski definition) is 1. The molecule has 1 saturated heterocycles. The van der Waals surface area contributed by atoms with E-state index in [1.165, 1.54) is 19.2 Å². The highest BCUT2D eigenvalue weighted by Crippen LogP contribution is 2.35. The summed E-state index contributed by atoms with van der Waals surface area (Å²) in [5, 5.41) is 0. The molecule has 0 spiro atoms. The van der Waals surface area contributed by atoms with Gasteiger partial charge in [0, 0.05) is 63.6 Å². The molecule has 2 fully saturated rings. The Morgan fingerprint density at radius 3 is 2.22 bits per heavy atom. The number of hydrogen-bond acceptors (Lipinski definition) is 4. The van der Waals surface area contributed by atoms with E-state index in [0.29, 0.717) is 24.4 Å². The Morgan fingerprint density at radius 1 is 1.05 bits per heavy atom. The number of carbonyl (C=O) groups is 1. The summed E-state index contributed by atoms with van der Waals surface area (Å²) in [6.07, 6.45) is 2.93. The van der Waals surface area contributed by atoms with E-state index in [-0.39, 0.29) is 18.9 Å². The summed E-state index contributed by atoms with van der Waals surface area (Å²) >= 11 is 0. The fourth-order valence-corrected chi connectivity index (χ4v) is 5.09. The first kappa shape index (κ1) is 30.9. The number of benzene rings is 2. The molecule has 2 aromatic rings. The third-order valence-corrected chi connectivity index (χ3v) is 7.13. The molecule has 206 valence electrons. The highest BCUT2D eigenvalue weighted by molar-refractivity contribution is 5.70. The summed E-state index contributed by atoms with van der Waals surface area (Å²) in [7, 11) is 1.50. The smallest absolute Gasteiger partial charge is 0.249 e. The summed E-state index contributed by atoms with van der Waals surface area (Å²) in [5.41, 5.74) is 7.47. The van der Waals surface area contributed by atoms with Crippen LogP contribution in [0.1, 0.15) is 50.7 Å². The largest absolute Gasteiger partial charge is 0.333 e. The molecule has 1 unspecified atom stereocenters. The van der Waals surface area contributed by atoms with Gasteiger partial charge in [-0.25, -0.2) is 17.6 Å². The standard InChI is InChI=1S/C15H12F2O.C13H24F2N2.CH5N/c1-10-11(5-6-18)3-2-4-15(10)12-7-13(16)9-14(17)8-12;1-11(2)16-6-8-17(9-7-16)12-4-3-5-13(14,15)10-12;1-2/h2-4,6-9H,5H2,1H3;11-12H,3-10H2,1-2H3;2H2,1H3. The van der Waals surface area contributed by atoms with E-state index < -0.39 is 17.6 Å². The van der Waals surface area contributed by atoms with Crippen molar-refractivity contribution in [2.75, 3.05) is 33.2 Å². The first-order chi connectivity index (χ1) is 17.6. The number of alkyl halides is 2. The number of piperazine rings is 1. The zero-order valence-electron chi connectivity index (χ0n) is 22.5. The van der Waals surface area contributed by atoms with E-state index in [4.69, 9.17) is 0 Å². The average Bonchev–Trinajstić information content (AvgIpc) is 2.86. The molecular formula is C29H41F4N3O. The lowest BCUT2D eigenvalue weighted by molar-refractivity contribution is -0.107. The van der Waals surface area contributed by atoms with Crippen molar-refractivity contribution in [3.05, 3.63) is 59.2 Å². The summed E-state index contributed by atoms with van der Waals surface area (Å²) in [6.45, 7) is 10.2. The maximum atomic E-state index is 13.4. The normalized spacial score (nSPS) is 19.9. The Kier molecular flexibility index (Phi) is 12.2. The van der Waals surface area contributed by atoms with Crippen molar-refractivity contribution in [2.45, 2.75) is 70.9 Å². The van der Waals surface area contributed by atoms with Crippen LogP contribution in [0.4, 0.5) is 17.6 Å². The molecular weight excluding hydrogens is 482 g/mol. The first-order valence-electron chi connectivity index (χ1n) is 13.0. The van der Waals surface area contributed by atoms with E-state index >= 15 is 0 Å². The molecule has 1 heterocycles. The van der Waals surface area contributed by atoms with Crippen molar-refractivity contribution in [1.29, 1.82) is 0 Å². The van der Waals surface area contributed by atoms with E-state index in [1.807, 2.05) is 13.0 Å². The zero-order valence-corrected chi connectivity index (χ0v) is 22.5. The highest BCUT2D eigenvalue weighted by atomic mass is 19.3. The lowest BCUT2D eigenvalue weighted by atomic mass is 9.90. The molecule has 1 aliphatic carbocycles. The van der Waals surface area contributed by atoms with Gasteiger partial charge in [0.15, 0.2) is 0 Å². The van der Waals surface area contributed by atoms with Crippen LogP contribution in [-0.2, 0) is 11.2 Å². The molecule has 2 N–H and O–H groups in total. The Hall–Kier alpha value is -2.29. The zero-order chi connectivity index (χ0) is 27.6. The molecule has 0 aromatic heterocycles. The van der Waals surface area contributed by atoms with Gasteiger partial charge in [0.05, 0.1) is 0 Å². The van der Waals surface area contributed by atoms with Crippen LogP contribution in [0, 0.1) is 18.6 Å². The van der Waals surface area contributed by atoms with Gasteiger partial charge < -0.3 is 10.5 Å². The molecule has 4 nitrogen and oxygen atoms in total. The highest BCUT2D eigenvalue weighted by Gasteiger charge is 2.39. The summed E-state index contributed by atoms with van der Waals surface area (Å²) in [5.74, 6) is -3.63. The average molecular weight is 524 g/mol. The predicted octanol–water partition coefficient (Wildman–Crippen LogP) is 5.85. The van der Waals surface area contributed by atoms with E-state index in [2.05, 4.69) is 29.4 Å². The van der Waals surface area contributed by atoms with Crippen molar-refractivity contribution >= 4 is 6.29 Å². The molecule has 0 amide bonds. The fraction of sp³-hybridized carbons (Fsp3) is 0.552. The van der Waals surface area contributed by atoms with Crippen LogP contribution >= 0.6 is 0 Å². The molecule has 1 aliphatic heterocycles. The van der Waals surface area contributed by atoms with Crippen molar-refractivity contribution in [1.82, 2.24) is 9.80 Å². The van der Waals surface area contributed by atoms with Gasteiger partial charge in [0.1, 0.15) is 17.9 Å². The Morgan fingerprint density at radius 2 is 1.68 bits per heavy atom. The molecule has 0 bridgehead atoms. The van der Waals surface area contributed by atoms with Gasteiger partial charge in [0.2, 0.25) is 5.92 Å². The molecule has 1 atom stereocenters. The van der Waals surface area contributed by atoms with Gasteiger partial charge in [-0.2, -0.15) is 0 Å². The van der Waals surface area contributed by atoms with Gasteiger partial charge in [0.25, 0.3) is 0 Å². The summed E-state index contributed by atoms with van der Waals surface area (Å²) in [6, 6.07) is 9.52. The fourth-order valence-electron chi connectivity index (χ4n) is 5.09. The van der Waals surface area contributed by atoms with Crippen molar-refractivity contribution in [2.24, 2.45) is 5.73 Å². The number of rotatable bonds is 5. The first-order valence-corrected chi connectivity index (χ1v) is 13.0. The second-order valence-corrected chi connectivity index (χ2v) is 9.89. The van der Waals surface area contributed by atoms with Crippen LogP contribution in [0.5, 0.6) is 0 Å². The van der Waals surface area contributed by atoms with E-state index in [1.54, 1.807) is 12.1 Å². The molecule has 2 aliphatic rings. The third-order valence-electron chi connectivity index (χ3n) is 7.13. The number of halogens is 4. The predicted molar refractivity (Wildman–Crippen MR) is 142 cm³/mol. The molecule has 1 saturated carbocycles. The van der Waals surface area contributed by atoms with Crippen LogP contribution in [0.2, 0.25) is 0 Å². The summed E-state index contributed by atoms with van der Waals surface area (Å²) < 4.78 is 53.2. The van der Waals surface area contributed by atoms with Gasteiger partial charge >= 0.3 is 0 Å². The molecule has 8 heteroatoms. The van der Waals surface area contributed by atoms with E-state index in [0.717, 1.165) is 61.6 Å². The monoisotopic (exact) mass is 523 g/mol. The van der Waals surface area contributed by atoms with Crippen LogP contribution < -0.4 is 5.73 Å². The molecule has 4 rings (SSSR count). The van der Waals surface area contributed by atoms with Gasteiger partial charge in [-0.15, -0.1) is 0 Å². The number of nitrogens with two attached hydrogens (primary N) is 1. The topological polar surface area (TPSA) is 49.6 Å². The minimum absolute atomic E-state index is 0.0781. The van der Waals surface area contributed by atoms with Crippen molar-refractivity contribution < 1.29 is 22.4 Å². The van der Waals surface area contributed by atoms with Crippen LogP contribution in [0.3, 0.4) is 0 Å². The minimum atomic E-state index is -2.42. The lowest BCUT2D eigenvalue weighted by Crippen LogP contribution is -2.53. The quantitative estimate of drug-likeness (QED) is 0.395. The Balaban J connectivity index is 0.000000244. The van der Waals surface area contributed by atoms with E-state index in [9.17, 15) is 22.4 Å². The molecule has 0 radical (unpaired) electrons. The minimum Gasteiger partial charge on any atom is -0.333 e. The second-order valence-electron chi connectivity index (χ2n) is 9.89. The second kappa shape index (κ2) is 14.6. The molecule has 2 aromatic carbocycles. The maximum absolute atomic E-state index is 13.4. The third kappa shape index (κ3) is 9.20.